The van der Waals surface area contributed by atoms with Crippen molar-refractivity contribution in [3.8, 4) is 0 Å². The second-order valence-corrected chi connectivity index (χ2v) is 4.78. The zero-order valence-electron chi connectivity index (χ0n) is 10.2. The summed E-state index contributed by atoms with van der Waals surface area (Å²) in [6.45, 7) is -0.158. The number of aromatic carboxylic acids is 1. The molecule has 21 heavy (non-hydrogen) atoms. The maximum atomic E-state index is 13.4. The Balaban J connectivity index is 2.08. The van der Waals surface area contributed by atoms with E-state index in [0.29, 0.717) is 6.07 Å². The quantitative estimate of drug-likeness (QED) is 0.848. The van der Waals surface area contributed by atoms with Gasteiger partial charge >= 0.3 is 5.97 Å². The zero-order valence-corrected chi connectivity index (χ0v) is 11.0. The third-order valence-electron chi connectivity index (χ3n) is 2.45. The van der Waals surface area contributed by atoms with Gasteiger partial charge in [-0.15, -0.1) is 11.3 Å². The third kappa shape index (κ3) is 3.19. The Morgan fingerprint density at radius 1 is 1.24 bits per heavy atom. The van der Waals surface area contributed by atoms with Crippen molar-refractivity contribution in [2.45, 2.75) is 6.54 Å². The van der Waals surface area contributed by atoms with Gasteiger partial charge in [0.05, 0.1) is 12.1 Å². The number of halogens is 3. The fraction of sp³-hybridized carbons (Fsp3) is 0.0833. The molecular formula is C12H7F3N2O3S. The molecule has 0 saturated carbocycles. The van der Waals surface area contributed by atoms with E-state index >= 15 is 0 Å². The molecule has 1 aromatic heterocycles. The minimum Gasteiger partial charge on any atom is -0.476 e. The molecule has 2 aromatic rings. The van der Waals surface area contributed by atoms with Crippen molar-refractivity contribution in [2.24, 2.45) is 0 Å². The number of thiazole rings is 1. The van der Waals surface area contributed by atoms with Crippen molar-refractivity contribution in [1.29, 1.82) is 0 Å². The monoisotopic (exact) mass is 316 g/mol. The van der Waals surface area contributed by atoms with Gasteiger partial charge in [-0.3, -0.25) is 4.79 Å². The number of nitrogens with one attached hydrogen (secondary N) is 1. The Morgan fingerprint density at radius 3 is 2.57 bits per heavy atom. The maximum Gasteiger partial charge on any atom is 0.355 e. The van der Waals surface area contributed by atoms with Crippen LogP contribution in [0.15, 0.2) is 17.5 Å². The van der Waals surface area contributed by atoms with Crippen LogP contribution in [0.5, 0.6) is 0 Å². The number of benzene rings is 1. The molecule has 0 unspecified atom stereocenters. The molecule has 9 heteroatoms. The summed E-state index contributed by atoms with van der Waals surface area (Å²) in [4.78, 5) is 26.0. The highest BCUT2D eigenvalue weighted by atomic mass is 32.1. The van der Waals surface area contributed by atoms with Crippen molar-refractivity contribution < 1.29 is 27.9 Å². The predicted molar refractivity (Wildman–Crippen MR) is 66.6 cm³/mol. The molecule has 0 fully saturated rings. The second-order valence-electron chi connectivity index (χ2n) is 3.84. The van der Waals surface area contributed by atoms with E-state index in [1.54, 1.807) is 0 Å². The molecule has 0 spiro atoms. The lowest BCUT2D eigenvalue weighted by atomic mass is 10.2. The van der Waals surface area contributed by atoms with Gasteiger partial charge in [0.1, 0.15) is 5.01 Å². The minimum atomic E-state index is -1.73. The standard InChI is InChI=1S/C12H7F3N2O3S/c13-6-2-1-5(9(14)10(6)15)11(18)16-3-8-17-7(4-21-8)12(19)20/h1-2,4H,3H2,(H,16,18)(H,19,20). The van der Waals surface area contributed by atoms with Gasteiger partial charge in [0.2, 0.25) is 0 Å². The number of nitrogens with zero attached hydrogens (tertiary/aromatic N) is 1. The Labute approximate surface area is 120 Å². The summed E-state index contributed by atoms with van der Waals surface area (Å²) < 4.78 is 39.1. The molecular weight excluding hydrogens is 309 g/mol. The molecule has 1 heterocycles. The Hall–Kier alpha value is -2.42. The molecule has 0 saturated heterocycles. The predicted octanol–water partition coefficient (Wildman–Crippen LogP) is 2.19. The third-order valence-corrected chi connectivity index (χ3v) is 3.30. The lowest BCUT2D eigenvalue weighted by Crippen LogP contribution is -2.24. The molecule has 5 nitrogen and oxygen atoms in total. The molecule has 0 bridgehead atoms. The van der Waals surface area contributed by atoms with Crippen LogP contribution in [0.3, 0.4) is 0 Å². The van der Waals surface area contributed by atoms with E-state index in [-0.39, 0.29) is 17.2 Å². The summed E-state index contributed by atoms with van der Waals surface area (Å²) in [5.41, 5.74) is -0.827. The van der Waals surface area contributed by atoms with Gasteiger partial charge in [0, 0.05) is 5.38 Å². The molecule has 0 aliphatic heterocycles. The van der Waals surface area contributed by atoms with Crippen LogP contribution in [-0.4, -0.2) is 22.0 Å². The highest BCUT2D eigenvalue weighted by Crippen LogP contribution is 2.15. The lowest BCUT2D eigenvalue weighted by Gasteiger charge is -2.05. The first-order valence-electron chi connectivity index (χ1n) is 5.49. The summed E-state index contributed by atoms with van der Waals surface area (Å²) in [6.07, 6.45) is 0. The second kappa shape index (κ2) is 5.92. The topological polar surface area (TPSA) is 79.3 Å². The van der Waals surface area contributed by atoms with E-state index in [4.69, 9.17) is 5.11 Å². The molecule has 0 aliphatic rings. The largest absolute Gasteiger partial charge is 0.476 e. The van der Waals surface area contributed by atoms with Crippen molar-refractivity contribution in [2.75, 3.05) is 0 Å². The Bertz CT molecular complexity index is 718. The Kier molecular flexibility index (Phi) is 4.22. The van der Waals surface area contributed by atoms with Gasteiger partial charge in [0.25, 0.3) is 5.91 Å². The van der Waals surface area contributed by atoms with Crippen LogP contribution in [0.4, 0.5) is 13.2 Å². The van der Waals surface area contributed by atoms with Crippen molar-refractivity contribution in [3.63, 3.8) is 0 Å². The van der Waals surface area contributed by atoms with E-state index in [2.05, 4.69) is 10.3 Å². The smallest absolute Gasteiger partial charge is 0.355 e. The van der Waals surface area contributed by atoms with E-state index in [1.165, 1.54) is 5.38 Å². The molecule has 0 radical (unpaired) electrons. The average Bonchev–Trinajstić information content (AvgIpc) is 2.91. The number of carbonyl (C=O) groups is 2. The maximum absolute atomic E-state index is 13.4. The van der Waals surface area contributed by atoms with Gasteiger partial charge in [-0.05, 0) is 12.1 Å². The van der Waals surface area contributed by atoms with Crippen LogP contribution in [0.1, 0.15) is 25.9 Å². The number of amides is 1. The van der Waals surface area contributed by atoms with Gasteiger partial charge < -0.3 is 10.4 Å². The number of hydrogen-bond donors (Lipinski definition) is 2. The van der Waals surface area contributed by atoms with Gasteiger partial charge in [0.15, 0.2) is 23.1 Å². The first-order chi connectivity index (χ1) is 9.90. The Morgan fingerprint density at radius 2 is 1.95 bits per heavy atom. The highest BCUT2D eigenvalue weighted by Gasteiger charge is 2.19. The number of carboxylic acids is 1. The van der Waals surface area contributed by atoms with Crippen LogP contribution in [0, 0.1) is 17.5 Å². The summed E-state index contributed by atoms with van der Waals surface area (Å²) >= 11 is 0.990. The molecule has 2 rings (SSSR count). The normalized spacial score (nSPS) is 10.4. The summed E-state index contributed by atoms with van der Waals surface area (Å²) in [6, 6.07) is 1.45. The van der Waals surface area contributed by atoms with E-state index in [0.717, 1.165) is 17.4 Å². The number of rotatable bonds is 4. The van der Waals surface area contributed by atoms with Crippen LogP contribution in [-0.2, 0) is 6.54 Å². The lowest BCUT2D eigenvalue weighted by molar-refractivity contribution is 0.0691. The van der Waals surface area contributed by atoms with Gasteiger partial charge in [-0.2, -0.15) is 0 Å². The fourth-order valence-corrected chi connectivity index (χ4v) is 2.15. The highest BCUT2D eigenvalue weighted by molar-refractivity contribution is 7.09. The zero-order chi connectivity index (χ0) is 15.6. The first-order valence-corrected chi connectivity index (χ1v) is 6.37. The molecule has 1 aromatic carbocycles. The van der Waals surface area contributed by atoms with E-state index in [9.17, 15) is 22.8 Å². The van der Waals surface area contributed by atoms with Crippen LogP contribution >= 0.6 is 11.3 Å². The van der Waals surface area contributed by atoms with Crippen LogP contribution in [0.2, 0.25) is 0 Å². The van der Waals surface area contributed by atoms with Crippen LogP contribution in [0.25, 0.3) is 0 Å². The first kappa shape index (κ1) is 15.0. The van der Waals surface area contributed by atoms with E-state index < -0.39 is 34.9 Å². The summed E-state index contributed by atoms with van der Waals surface area (Å²) in [5.74, 6) is -6.88. The summed E-state index contributed by atoms with van der Waals surface area (Å²) in [5, 5.41) is 12.5. The van der Waals surface area contributed by atoms with Crippen molar-refractivity contribution in [1.82, 2.24) is 10.3 Å². The molecule has 2 N–H and O–H groups in total. The van der Waals surface area contributed by atoms with Crippen molar-refractivity contribution >= 4 is 23.2 Å². The number of aromatic nitrogens is 1. The minimum absolute atomic E-state index is 0.158. The number of hydrogen-bond acceptors (Lipinski definition) is 4. The molecule has 0 aliphatic carbocycles. The number of carboxylic acid groups (broad SMARTS) is 1. The molecule has 0 atom stereocenters. The SMILES string of the molecule is O=C(O)c1csc(CNC(=O)c2ccc(F)c(F)c2F)n1. The van der Waals surface area contributed by atoms with E-state index in [1.807, 2.05) is 0 Å². The molecule has 110 valence electrons. The summed E-state index contributed by atoms with van der Waals surface area (Å²) in [7, 11) is 0. The van der Waals surface area contributed by atoms with Gasteiger partial charge in [-0.25, -0.2) is 22.9 Å². The average molecular weight is 316 g/mol. The molecule has 1 amide bonds. The van der Waals surface area contributed by atoms with Gasteiger partial charge in [-0.1, -0.05) is 0 Å². The fourth-order valence-electron chi connectivity index (χ4n) is 1.44. The van der Waals surface area contributed by atoms with Crippen molar-refractivity contribution in [3.05, 3.63) is 51.2 Å². The van der Waals surface area contributed by atoms with Crippen LogP contribution < -0.4 is 5.32 Å². The number of carbonyl (C=O) groups excluding carboxylic acids is 1.